The quantitative estimate of drug-likeness (QED) is 0.387. The number of imidazole rings is 1. The lowest BCUT2D eigenvalue weighted by atomic mass is 10.3. The highest BCUT2D eigenvalue weighted by Crippen LogP contribution is 2.13. The molecule has 11 heteroatoms. The minimum Gasteiger partial charge on any atom is -0.480 e. The molecule has 11 nitrogen and oxygen atoms in total. The number of fused-ring (bicyclic) bond motifs is 1. The number of H-pyrrole nitrogens is 1. The minimum absolute atomic E-state index is 0. The molecule has 2 heterocycles. The van der Waals surface area contributed by atoms with Crippen LogP contribution < -0.4 is 10.6 Å². The standard InChI is InChI=1S/C10H12N6O4.H2O/c17-2-5(10(19)20)16-6(18)1-11-8-7-9(13-3-12-7)15-4-14-8;/h3-5,17H,1-2H2,(H,16,18)(H,19,20)(H2,11,12,13,14,15);1H2/t5-;/m0./s1. The second-order valence-electron chi connectivity index (χ2n) is 3.82. The van der Waals surface area contributed by atoms with E-state index in [9.17, 15) is 9.59 Å². The van der Waals surface area contributed by atoms with Crippen molar-refractivity contribution >= 4 is 28.9 Å². The number of carboxylic acid groups (broad SMARTS) is 1. The molecule has 0 unspecified atom stereocenters. The number of nitrogens with one attached hydrogen (secondary N) is 3. The number of rotatable bonds is 6. The number of amides is 1. The fraction of sp³-hybridized carbons (Fsp3) is 0.300. The third-order valence-electron chi connectivity index (χ3n) is 2.46. The van der Waals surface area contributed by atoms with Gasteiger partial charge in [0.25, 0.3) is 0 Å². The van der Waals surface area contributed by atoms with Crippen molar-refractivity contribution in [1.29, 1.82) is 0 Å². The first kappa shape index (κ1) is 16.3. The summed E-state index contributed by atoms with van der Waals surface area (Å²) in [4.78, 5) is 36.8. The van der Waals surface area contributed by atoms with E-state index >= 15 is 0 Å². The van der Waals surface area contributed by atoms with Gasteiger partial charge in [-0.2, -0.15) is 0 Å². The third kappa shape index (κ3) is 3.84. The monoisotopic (exact) mass is 298 g/mol. The van der Waals surface area contributed by atoms with Crippen molar-refractivity contribution in [3.8, 4) is 0 Å². The van der Waals surface area contributed by atoms with Crippen LogP contribution in [0.15, 0.2) is 12.7 Å². The molecule has 2 aromatic heterocycles. The lowest BCUT2D eigenvalue weighted by molar-refractivity contribution is -0.142. The van der Waals surface area contributed by atoms with Crippen molar-refractivity contribution < 1.29 is 25.3 Å². The Morgan fingerprint density at radius 2 is 2.10 bits per heavy atom. The summed E-state index contributed by atoms with van der Waals surface area (Å²) in [5.41, 5.74) is 0.985. The molecule has 0 aliphatic heterocycles. The molecule has 2 aromatic rings. The number of carboxylic acids is 1. The first-order chi connectivity index (χ1) is 9.61. The first-order valence-electron chi connectivity index (χ1n) is 5.62. The molecule has 21 heavy (non-hydrogen) atoms. The van der Waals surface area contributed by atoms with E-state index in [4.69, 9.17) is 10.2 Å². The van der Waals surface area contributed by atoms with Crippen molar-refractivity contribution in [3.63, 3.8) is 0 Å². The van der Waals surface area contributed by atoms with E-state index in [-0.39, 0.29) is 12.0 Å². The smallest absolute Gasteiger partial charge is 0.328 e. The Morgan fingerprint density at radius 3 is 2.76 bits per heavy atom. The fourth-order valence-electron chi connectivity index (χ4n) is 1.49. The van der Waals surface area contributed by atoms with E-state index in [2.05, 4.69) is 30.6 Å². The number of aromatic amines is 1. The Balaban J connectivity index is 0.00000220. The molecule has 0 spiro atoms. The Kier molecular flexibility index (Phi) is 5.51. The van der Waals surface area contributed by atoms with Crippen LogP contribution in [0.3, 0.4) is 0 Å². The molecule has 2 rings (SSSR count). The van der Waals surface area contributed by atoms with Crippen molar-refractivity contribution in [1.82, 2.24) is 25.3 Å². The Labute approximate surface area is 117 Å². The predicted molar refractivity (Wildman–Crippen MR) is 70.4 cm³/mol. The van der Waals surface area contributed by atoms with Crippen molar-refractivity contribution in [2.75, 3.05) is 18.5 Å². The van der Waals surface area contributed by atoms with Gasteiger partial charge in [0, 0.05) is 0 Å². The van der Waals surface area contributed by atoms with E-state index in [1.165, 1.54) is 12.7 Å². The highest BCUT2D eigenvalue weighted by molar-refractivity contribution is 5.88. The zero-order valence-corrected chi connectivity index (χ0v) is 10.7. The maximum atomic E-state index is 11.5. The molecule has 0 aliphatic carbocycles. The SMILES string of the molecule is O.O=C(CNc1ncnc2nc[nH]c12)N[C@@H](CO)C(=O)O. The summed E-state index contributed by atoms with van der Waals surface area (Å²) in [7, 11) is 0. The molecule has 0 aliphatic rings. The minimum atomic E-state index is -1.33. The molecule has 0 saturated heterocycles. The van der Waals surface area contributed by atoms with Gasteiger partial charge in [0.05, 0.1) is 19.5 Å². The molecule has 0 aromatic carbocycles. The van der Waals surface area contributed by atoms with Crippen LogP contribution in [0.4, 0.5) is 5.82 Å². The number of carbonyl (C=O) groups is 2. The van der Waals surface area contributed by atoms with Crippen LogP contribution in [0.2, 0.25) is 0 Å². The highest BCUT2D eigenvalue weighted by atomic mass is 16.4. The second kappa shape index (κ2) is 7.12. The van der Waals surface area contributed by atoms with E-state index < -0.39 is 24.5 Å². The van der Waals surface area contributed by atoms with Gasteiger partial charge in [-0.1, -0.05) is 0 Å². The number of hydrogen-bond acceptors (Lipinski definition) is 7. The van der Waals surface area contributed by atoms with Gasteiger partial charge in [-0.05, 0) is 0 Å². The van der Waals surface area contributed by atoms with Crippen molar-refractivity contribution in [2.45, 2.75) is 6.04 Å². The summed E-state index contributed by atoms with van der Waals surface area (Å²) in [5, 5.41) is 22.4. The maximum absolute atomic E-state index is 11.5. The Morgan fingerprint density at radius 1 is 1.33 bits per heavy atom. The van der Waals surface area contributed by atoms with Crippen LogP contribution in [0.5, 0.6) is 0 Å². The largest absolute Gasteiger partial charge is 0.480 e. The van der Waals surface area contributed by atoms with E-state index in [1.54, 1.807) is 0 Å². The van der Waals surface area contributed by atoms with Crippen molar-refractivity contribution in [2.24, 2.45) is 0 Å². The van der Waals surface area contributed by atoms with Crippen LogP contribution in [0.25, 0.3) is 11.2 Å². The van der Waals surface area contributed by atoms with Crippen molar-refractivity contribution in [3.05, 3.63) is 12.7 Å². The molecule has 114 valence electrons. The van der Waals surface area contributed by atoms with Gasteiger partial charge in [0.1, 0.15) is 17.9 Å². The molecular weight excluding hydrogens is 284 g/mol. The van der Waals surface area contributed by atoms with E-state index in [0.29, 0.717) is 17.0 Å². The zero-order chi connectivity index (χ0) is 14.5. The number of nitrogens with zero attached hydrogens (tertiary/aromatic N) is 3. The topological polar surface area (TPSA) is 185 Å². The fourth-order valence-corrected chi connectivity index (χ4v) is 1.49. The van der Waals surface area contributed by atoms with Gasteiger partial charge >= 0.3 is 5.97 Å². The summed E-state index contributed by atoms with van der Waals surface area (Å²) >= 11 is 0. The summed E-state index contributed by atoms with van der Waals surface area (Å²) in [6.45, 7) is -0.881. The second-order valence-corrected chi connectivity index (χ2v) is 3.82. The average molecular weight is 298 g/mol. The summed E-state index contributed by atoms with van der Waals surface area (Å²) in [6.07, 6.45) is 2.73. The number of hydrogen-bond donors (Lipinski definition) is 5. The van der Waals surface area contributed by atoms with Crippen LogP contribution in [0.1, 0.15) is 0 Å². The van der Waals surface area contributed by atoms with Gasteiger partial charge in [0.2, 0.25) is 5.91 Å². The first-order valence-corrected chi connectivity index (χ1v) is 5.62. The summed E-state index contributed by atoms with van der Waals surface area (Å²) in [6, 6.07) is -1.33. The van der Waals surface area contributed by atoms with Crippen LogP contribution in [-0.2, 0) is 9.59 Å². The van der Waals surface area contributed by atoms with Gasteiger partial charge < -0.3 is 31.3 Å². The van der Waals surface area contributed by atoms with Crippen LogP contribution in [-0.4, -0.2) is 66.7 Å². The van der Waals surface area contributed by atoms with Crippen LogP contribution in [0, 0.1) is 0 Å². The van der Waals surface area contributed by atoms with Crippen LogP contribution >= 0.6 is 0 Å². The predicted octanol–water partition coefficient (Wildman–Crippen LogP) is -2.50. The molecule has 0 radical (unpaired) electrons. The molecular formula is C10H14N6O5. The number of aliphatic hydroxyl groups excluding tert-OH is 1. The lowest BCUT2D eigenvalue weighted by Gasteiger charge is -2.12. The number of aromatic nitrogens is 4. The van der Waals surface area contributed by atoms with Gasteiger partial charge in [-0.3, -0.25) is 4.79 Å². The summed E-state index contributed by atoms with van der Waals surface area (Å²) < 4.78 is 0. The number of carbonyl (C=O) groups excluding carboxylic acids is 1. The third-order valence-corrected chi connectivity index (χ3v) is 2.46. The van der Waals surface area contributed by atoms with Gasteiger partial charge in [0.15, 0.2) is 11.5 Å². The Bertz CT molecular complexity index is 629. The van der Waals surface area contributed by atoms with E-state index in [0.717, 1.165) is 0 Å². The number of anilines is 1. The summed E-state index contributed by atoms with van der Waals surface area (Å²) in [5.74, 6) is -1.52. The maximum Gasteiger partial charge on any atom is 0.328 e. The lowest BCUT2D eigenvalue weighted by Crippen LogP contribution is -2.45. The normalized spacial score (nSPS) is 11.5. The average Bonchev–Trinajstić information content (AvgIpc) is 2.91. The van der Waals surface area contributed by atoms with Gasteiger partial charge in [-0.25, -0.2) is 19.7 Å². The molecule has 0 fully saturated rings. The van der Waals surface area contributed by atoms with E-state index in [1.807, 2.05) is 0 Å². The van der Waals surface area contributed by atoms with Gasteiger partial charge in [-0.15, -0.1) is 0 Å². The molecule has 1 amide bonds. The molecule has 0 saturated carbocycles. The molecule has 1 atom stereocenters. The highest BCUT2D eigenvalue weighted by Gasteiger charge is 2.18. The molecule has 0 bridgehead atoms. The molecule has 7 N–H and O–H groups in total. The Hall–Kier alpha value is -2.79. The zero-order valence-electron chi connectivity index (χ0n) is 10.7. The number of aliphatic hydroxyl groups is 1. The number of aliphatic carboxylic acids is 1.